The third-order valence-corrected chi connectivity index (χ3v) is 2.55. The average Bonchev–Trinajstić information content (AvgIpc) is 2.71. The SMILES string of the molecule is COCCCc1cc2c(OC)nccn2c1. The largest absolute Gasteiger partial charge is 0.480 e. The Morgan fingerprint density at radius 3 is 3.00 bits per heavy atom. The molecule has 0 unspecified atom stereocenters. The zero-order chi connectivity index (χ0) is 11.4. The van der Waals surface area contributed by atoms with Gasteiger partial charge in [-0.2, -0.15) is 0 Å². The van der Waals surface area contributed by atoms with Crippen molar-refractivity contribution in [2.45, 2.75) is 12.8 Å². The minimum Gasteiger partial charge on any atom is -0.480 e. The summed E-state index contributed by atoms with van der Waals surface area (Å²) in [5, 5.41) is 0. The smallest absolute Gasteiger partial charge is 0.238 e. The fourth-order valence-electron chi connectivity index (χ4n) is 1.78. The van der Waals surface area contributed by atoms with Gasteiger partial charge in [0.25, 0.3) is 0 Å². The Morgan fingerprint density at radius 2 is 2.25 bits per heavy atom. The summed E-state index contributed by atoms with van der Waals surface area (Å²) in [7, 11) is 3.36. The van der Waals surface area contributed by atoms with Gasteiger partial charge in [0.15, 0.2) is 0 Å². The second kappa shape index (κ2) is 4.99. The number of fused-ring (bicyclic) bond motifs is 1. The van der Waals surface area contributed by atoms with Gasteiger partial charge >= 0.3 is 0 Å². The number of aryl methyl sites for hydroxylation is 1. The fraction of sp³-hybridized carbons (Fsp3) is 0.417. The Balaban J connectivity index is 2.22. The van der Waals surface area contributed by atoms with Gasteiger partial charge in [-0.25, -0.2) is 4.98 Å². The van der Waals surface area contributed by atoms with E-state index in [2.05, 4.69) is 17.2 Å². The summed E-state index contributed by atoms with van der Waals surface area (Å²) in [4.78, 5) is 4.17. The summed E-state index contributed by atoms with van der Waals surface area (Å²) in [6.07, 6.45) is 7.82. The molecular formula is C12H16N2O2. The molecule has 2 rings (SSSR count). The molecule has 0 saturated heterocycles. The highest BCUT2D eigenvalue weighted by Gasteiger charge is 2.05. The molecule has 2 aromatic heterocycles. The summed E-state index contributed by atoms with van der Waals surface area (Å²) in [5.74, 6) is 0.667. The standard InChI is InChI=1S/C12H16N2O2/c1-15-7-3-4-10-8-11-12(16-2)13-5-6-14(11)9-10/h5-6,8-9H,3-4,7H2,1-2H3. The summed E-state index contributed by atoms with van der Waals surface area (Å²) in [5.41, 5.74) is 2.29. The summed E-state index contributed by atoms with van der Waals surface area (Å²) in [6.45, 7) is 0.793. The van der Waals surface area contributed by atoms with Gasteiger partial charge in [0, 0.05) is 32.3 Å². The van der Waals surface area contributed by atoms with Crippen LogP contribution in [0.4, 0.5) is 0 Å². The summed E-state index contributed by atoms with van der Waals surface area (Å²) in [6, 6.07) is 2.11. The lowest BCUT2D eigenvalue weighted by Gasteiger charge is -1.99. The molecule has 0 saturated carbocycles. The van der Waals surface area contributed by atoms with Gasteiger partial charge in [-0.3, -0.25) is 0 Å². The molecule has 2 heterocycles. The van der Waals surface area contributed by atoms with E-state index < -0.39 is 0 Å². The molecule has 0 aromatic carbocycles. The molecule has 16 heavy (non-hydrogen) atoms. The molecule has 0 aliphatic heterocycles. The van der Waals surface area contributed by atoms with Crippen LogP contribution in [0, 0.1) is 0 Å². The number of aromatic nitrogens is 2. The van der Waals surface area contributed by atoms with Crippen molar-refractivity contribution in [1.82, 2.24) is 9.38 Å². The molecule has 0 radical (unpaired) electrons. The van der Waals surface area contributed by atoms with Crippen LogP contribution in [0.1, 0.15) is 12.0 Å². The summed E-state index contributed by atoms with van der Waals surface area (Å²) < 4.78 is 12.3. The molecule has 86 valence electrons. The van der Waals surface area contributed by atoms with E-state index in [0.717, 1.165) is 25.0 Å². The van der Waals surface area contributed by atoms with Gasteiger partial charge in [0.2, 0.25) is 5.88 Å². The van der Waals surface area contributed by atoms with Crippen LogP contribution >= 0.6 is 0 Å². The first-order valence-corrected chi connectivity index (χ1v) is 5.33. The average molecular weight is 220 g/mol. The van der Waals surface area contributed by atoms with Crippen molar-refractivity contribution in [2.24, 2.45) is 0 Å². The normalized spacial score (nSPS) is 10.9. The van der Waals surface area contributed by atoms with Crippen molar-refractivity contribution in [3.63, 3.8) is 0 Å². The maximum absolute atomic E-state index is 5.21. The number of rotatable bonds is 5. The monoisotopic (exact) mass is 220 g/mol. The molecule has 0 fully saturated rings. The second-order valence-electron chi connectivity index (χ2n) is 3.67. The highest BCUT2D eigenvalue weighted by molar-refractivity contribution is 5.58. The molecule has 2 aromatic rings. The molecule has 0 aliphatic rings. The predicted octanol–water partition coefficient (Wildman–Crippen LogP) is 1.92. The lowest BCUT2D eigenvalue weighted by molar-refractivity contribution is 0.195. The van der Waals surface area contributed by atoms with Gasteiger partial charge in [0.05, 0.1) is 7.11 Å². The highest BCUT2D eigenvalue weighted by atomic mass is 16.5. The number of hydrogen-bond donors (Lipinski definition) is 0. The van der Waals surface area contributed by atoms with Crippen LogP contribution in [0.5, 0.6) is 5.88 Å². The maximum Gasteiger partial charge on any atom is 0.238 e. The first-order chi connectivity index (χ1) is 7.85. The first kappa shape index (κ1) is 11.0. The van der Waals surface area contributed by atoms with Crippen molar-refractivity contribution in [2.75, 3.05) is 20.8 Å². The van der Waals surface area contributed by atoms with E-state index in [4.69, 9.17) is 9.47 Å². The van der Waals surface area contributed by atoms with Gasteiger partial charge in [-0.05, 0) is 24.5 Å². The molecule has 0 spiro atoms. The third-order valence-electron chi connectivity index (χ3n) is 2.55. The lowest BCUT2D eigenvalue weighted by Crippen LogP contribution is -1.91. The van der Waals surface area contributed by atoms with Crippen molar-refractivity contribution in [3.8, 4) is 5.88 Å². The quantitative estimate of drug-likeness (QED) is 0.722. The van der Waals surface area contributed by atoms with Gasteiger partial charge < -0.3 is 13.9 Å². The molecule has 0 N–H and O–H groups in total. The minimum atomic E-state index is 0.667. The number of methoxy groups -OCH3 is 2. The molecular weight excluding hydrogens is 204 g/mol. The van der Waals surface area contributed by atoms with Crippen LogP contribution < -0.4 is 4.74 Å². The topological polar surface area (TPSA) is 35.8 Å². The number of ether oxygens (including phenoxy) is 2. The van der Waals surface area contributed by atoms with E-state index in [0.29, 0.717) is 5.88 Å². The first-order valence-electron chi connectivity index (χ1n) is 5.33. The Morgan fingerprint density at radius 1 is 1.38 bits per heavy atom. The Labute approximate surface area is 94.8 Å². The van der Waals surface area contributed by atoms with Crippen molar-refractivity contribution < 1.29 is 9.47 Å². The van der Waals surface area contributed by atoms with E-state index in [1.54, 1.807) is 20.4 Å². The molecule has 0 atom stereocenters. The van der Waals surface area contributed by atoms with Crippen LogP contribution in [0.2, 0.25) is 0 Å². The Hall–Kier alpha value is -1.55. The Kier molecular flexibility index (Phi) is 3.41. The van der Waals surface area contributed by atoms with E-state index in [1.807, 2.05) is 10.6 Å². The van der Waals surface area contributed by atoms with E-state index in [9.17, 15) is 0 Å². The molecule has 0 bridgehead atoms. The minimum absolute atomic E-state index is 0.667. The summed E-state index contributed by atoms with van der Waals surface area (Å²) >= 11 is 0. The van der Waals surface area contributed by atoms with E-state index in [-0.39, 0.29) is 0 Å². The van der Waals surface area contributed by atoms with Crippen molar-refractivity contribution in [3.05, 3.63) is 30.2 Å². The van der Waals surface area contributed by atoms with Crippen LogP contribution in [0.25, 0.3) is 5.52 Å². The van der Waals surface area contributed by atoms with E-state index >= 15 is 0 Å². The van der Waals surface area contributed by atoms with Crippen LogP contribution in [-0.2, 0) is 11.2 Å². The third kappa shape index (κ3) is 2.17. The van der Waals surface area contributed by atoms with Gasteiger partial charge in [-0.1, -0.05) is 0 Å². The van der Waals surface area contributed by atoms with E-state index in [1.165, 1.54) is 5.56 Å². The van der Waals surface area contributed by atoms with Gasteiger partial charge in [-0.15, -0.1) is 0 Å². The van der Waals surface area contributed by atoms with Crippen LogP contribution in [0.15, 0.2) is 24.7 Å². The van der Waals surface area contributed by atoms with Crippen molar-refractivity contribution in [1.29, 1.82) is 0 Å². The number of nitrogens with zero attached hydrogens (tertiary/aromatic N) is 2. The van der Waals surface area contributed by atoms with Crippen LogP contribution in [0.3, 0.4) is 0 Å². The van der Waals surface area contributed by atoms with Crippen molar-refractivity contribution >= 4 is 5.52 Å². The van der Waals surface area contributed by atoms with Gasteiger partial charge in [0.1, 0.15) is 5.52 Å². The zero-order valence-corrected chi connectivity index (χ0v) is 9.64. The molecule has 0 aliphatic carbocycles. The second-order valence-corrected chi connectivity index (χ2v) is 3.67. The Bertz CT molecular complexity index is 465. The van der Waals surface area contributed by atoms with Crippen LogP contribution in [-0.4, -0.2) is 30.2 Å². The zero-order valence-electron chi connectivity index (χ0n) is 9.64. The molecule has 4 heteroatoms. The lowest BCUT2D eigenvalue weighted by atomic mass is 10.2. The molecule has 0 amide bonds. The fourth-order valence-corrected chi connectivity index (χ4v) is 1.78. The molecule has 4 nitrogen and oxygen atoms in total. The number of hydrogen-bond acceptors (Lipinski definition) is 3. The highest BCUT2D eigenvalue weighted by Crippen LogP contribution is 2.19. The maximum atomic E-state index is 5.21. The predicted molar refractivity (Wildman–Crippen MR) is 61.9 cm³/mol.